The van der Waals surface area contributed by atoms with Gasteiger partial charge in [-0.3, -0.25) is 9.59 Å². The molecular formula is C18H24N2O6. The quantitative estimate of drug-likeness (QED) is 0.697. The summed E-state index contributed by atoms with van der Waals surface area (Å²) in [5.41, 5.74) is 0. The number of ether oxygens (including phenoxy) is 2. The summed E-state index contributed by atoms with van der Waals surface area (Å²) < 4.78 is 10.2. The number of para-hydroxylation sites is 1. The second kappa shape index (κ2) is 9.76. The summed E-state index contributed by atoms with van der Waals surface area (Å²) in [7, 11) is 1.28. The topological polar surface area (TPSA) is 105 Å². The third-order valence-electron chi connectivity index (χ3n) is 4.35. The molecule has 1 atom stereocenters. The number of likely N-dealkylation sites (tertiary alicyclic amines) is 1. The monoisotopic (exact) mass is 364 g/mol. The van der Waals surface area contributed by atoms with Crippen molar-refractivity contribution < 1.29 is 29.0 Å². The van der Waals surface area contributed by atoms with Crippen LogP contribution in [-0.2, 0) is 19.1 Å². The van der Waals surface area contributed by atoms with E-state index in [-0.39, 0.29) is 30.9 Å². The molecule has 8 nitrogen and oxygen atoms in total. The van der Waals surface area contributed by atoms with Gasteiger partial charge in [-0.2, -0.15) is 0 Å². The maximum atomic E-state index is 12.2. The Kier molecular flexibility index (Phi) is 7.40. The molecule has 0 spiro atoms. The Hall–Kier alpha value is -2.61. The summed E-state index contributed by atoms with van der Waals surface area (Å²) in [6, 6.07) is 9.11. The van der Waals surface area contributed by atoms with E-state index in [0.29, 0.717) is 31.7 Å². The molecule has 2 amide bonds. The first-order valence-electron chi connectivity index (χ1n) is 8.50. The van der Waals surface area contributed by atoms with Crippen LogP contribution in [0.4, 0.5) is 0 Å². The number of benzene rings is 1. The Bertz CT molecular complexity index is 613. The Morgan fingerprint density at radius 3 is 2.46 bits per heavy atom. The van der Waals surface area contributed by atoms with Gasteiger partial charge in [0.2, 0.25) is 5.91 Å². The molecule has 1 aliphatic heterocycles. The second-order valence-electron chi connectivity index (χ2n) is 6.06. The number of carbonyl (C=O) groups is 3. The van der Waals surface area contributed by atoms with Gasteiger partial charge in [0, 0.05) is 26.1 Å². The number of nitrogens with zero attached hydrogens (tertiary/aromatic N) is 1. The van der Waals surface area contributed by atoms with Gasteiger partial charge in [0.25, 0.3) is 5.91 Å². The normalized spacial score (nSPS) is 16.0. The maximum absolute atomic E-state index is 12.2. The van der Waals surface area contributed by atoms with Crippen molar-refractivity contribution >= 4 is 17.8 Å². The van der Waals surface area contributed by atoms with Crippen molar-refractivity contribution in [3.05, 3.63) is 30.3 Å². The van der Waals surface area contributed by atoms with Gasteiger partial charge < -0.3 is 24.8 Å². The highest BCUT2D eigenvalue weighted by atomic mass is 16.5. The van der Waals surface area contributed by atoms with E-state index < -0.39 is 12.1 Å². The first-order valence-corrected chi connectivity index (χ1v) is 8.50. The number of hydrogen-bond donors (Lipinski definition) is 2. The molecule has 142 valence electrons. The van der Waals surface area contributed by atoms with E-state index in [0.717, 1.165) is 0 Å². The molecule has 2 rings (SSSR count). The standard InChI is InChI=1S/C18H24N2O6/c1-25-15(18(23)24)11-19-17(22)13-7-9-20(10-8-13)16(21)12-26-14-5-3-2-4-6-14/h2-6,13,15H,7-12H2,1H3,(H,19,22)(H,23,24). The molecule has 0 aromatic heterocycles. The van der Waals surface area contributed by atoms with Crippen LogP contribution in [0, 0.1) is 5.92 Å². The highest BCUT2D eigenvalue weighted by Gasteiger charge is 2.28. The van der Waals surface area contributed by atoms with Crippen LogP contribution in [0.2, 0.25) is 0 Å². The minimum absolute atomic E-state index is 0.0327. The summed E-state index contributed by atoms with van der Waals surface area (Å²) in [6.45, 7) is 0.840. The molecular weight excluding hydrogens is 340 g/mol. The van der Waals surface area contributed by atoms with Gasteiger partial charge in [0.1, 0.15) is 5.75 Å². The fourth-order valence-corrected chi connectivity index (χ4v) is 2.75. The lowest BCUT2D eigenvalue weighted by atomic mass is 9.96. The zero-order valence-electron chi connectivity index (χ0n) is 14.7. The van der Waals surface area contributed by atoms with Crippen LogP contribution in [0.15, 0.2) is 30.3 Å². The summed E-state index contributed by atoms with van der Waals surface area (Å²) in [5.74, 6) is -1.03. The van der Waals surface area contributed by atoms with Gasteiger partial charge in [-0.05, 0) is 25.0 Å². The van der Waals surface area contributed by atoms with Crippen molar-refractivity contribution in [2.75, 3.05) is 33.4 Å². The average Bonchev–Trinajstić information content (AvgIpc) is 2.67. The maximum Gasteiger partial charge on any atom is 0.334 e. The molecule has 1 aliphatic rings. The SMILES string of the molecule is COC(CNC(=O)C1CCN(C(=O)COc2ccccc2)CC1)C(=O)O. The van der Waals surface area contributed by atoms with E-state index in [1.165, 1.54) is 7.11 Å². The molecule has 1 aromatic rings. The molecule has 1 heterocycles. The number of methoxy groups -OCH3 is 1. The molecule has 0 bridgehead atoms. The van der Waals surface area contributed by atoms with Gasteiger partial charge >= 0.3 is 5.97 Å². The third kappa shape index (κ3) is 5.73. The average molecular weight is 364 g/mol. The summed E-state index contributed by atoms with van der Waals surface area (Å²) >= 11 is 0. The van der Waals surface area contributed by atoms with Gasteiger partial charge in [-0.15, -0.1) is 0 Å². The van der Waals surface area contributed by atoms with E-state index in [9.17, 15) is 14.4 Å². The second-order valence-corrected chi connectivity index (χ2v) is 6.06. The number of rotatable bonds is 8. The molecule has 8 heteroatoms. The van der Waals surface area contributed by atoms with Crippen molar-refractivity contribution in [1.82, 2.24) is 10.2 Å². The van der Waals surface area contributed by atoms with Crippen molar-refractivity contribution in [2.24, 2.45) is 5.92 Å². The molecule has 1 saturated heterocycles. The zero-order valence-corrected chi connectivity index (χ0v) is 14.7. The van der Waals surface area contributed by atoms with Gasteiger partial charge in [-0.25, -0.2) is 4.79 Å². The summed E-state index contributed by atoms with van der Waals surface area (Å²) in [6.07, 6.45) is 0.0112. The lowest BCUT2D eigenvalue weighted by Gasteiger charge is -2.31. The Morgan fingerprint density at radius 2 is 1.88 bits per heavy atom. The van der Waals surface area contributed by atoms with E-state index in [1.807, 2.05) is 18.2 Å². The number of carboxylic acid groups (broad SMARTS) is 1. The van der Waals surface area contributed by atoms with E-state index in [4.69, 9.17) is 14.6 Å². The van der Waals surface area contributed by atoms with Crippen molar-refractivity contribution in [3.63, 3.8) is 0 Å². The molecule has 0 aliphatic carbocycles. The first kappa shape index (κ1) is 19.7. The van der Waals surface area contributed by atoms with Crippen molar-refractivity contribution in [2.45, 2.75) is 18.9 Å². The minimum Gasteiger partial charge on any atom is -0.484 e. The smallest absolute Gasteiger partial charge is 0.334 e. The van der Waals surface area contributed by atoms with E-state index in [1.54, 1.807) is 17.0 Å². The van der Waals surface area contributed by atoms with Crippen LogP contribution in [0.5, 0.6) is 5.75 Å². The molecule has 2 N–H and O–H groups in total. The number of piperidine rings is 1. The lowest BCUT2D eigenvalue weighted by molar-refractivity contribution is -0.148. The molecule has 1 aromatic carbocycles. The predicted octanol–water partition coefficient (Wildman–Crippen LogP) is 0.520. The van der Waals surface area contributed by atoms with Crippen molar-refractivity contribution in [3.8, 4) is 5.75 Å². The number of amides is 2. The van der Waals surface area contributed by atoms with Gasteiger partial charge in [0.05, 0.1) is 6.54 Å². The van der Waals surface area contributed by atoms with Crippen LogP contribution in [0.1, 0.15) is 12.8 Å². The van der Waals surface area contributed by atoms with Crippen LogP contribution in [-0.4, -0.2) is 67.2 Å². The molecule has 0 radical (unpaired) electrons. The minimum atomic E-state index is -1.12. The lowest BCUT2D eigenvalue weighted by Crippen LogP contribution is -2.46. The zero-order chi connectivity index (χ0) is 18.9. The highest BCUT2D eigenvalue weighted by molar-refractivity contribution is 5.81. The van der Waals surface area contributed by atoms with Crippen LogP contribution in [0.3, 0.4) is 0 Å². The number of nitrogens with one attached hydrogen (secondary N) is 1. The van der Waals surface area contributed by atoms with Gasteiger partial charge in [-0.1, -0.05) is 18.2 Å². The Balaban J connectivity index is 1.71. The molecule has 1 fully saturated rings. The molecule has 0 saturated carbocycles. The Morgan fingerprint density at radius 1 is 1.23 bits per heavy atom. The number of carbonyl (C=O) groups excluding carboxylic acids is 2. The van der Waals surface area contributed by atoms with E-state index in [2.05, 4.69) is 5.32 Å². The van der Waals surface area contributed by atoms with Crippen LogP contribution >= 0.6 is 0 Å². The molecule has 1 unspecified atom stereocenters. The fourth-order valence-electron chi connectivity index (χ4n) is 2.75. The van der Waals surface area contributed by atoms with Gasteiger partial charge in [0.15, 0.2) is 12.7 Å². The van der Waals surface area contributed by atoms with Crippen LogP contribution in [0.25, 0.3) is 0 Å². The largest absolute Gasteiger partial charge is 0.484 e. The number of carboxylic acids is 1. The van der Waals surface area contributed by atoms with Crippen LogP contribution < -0.4 is 10.1 Å². The third-order valence-corrected chi connectivity index (χ3v) is 4.35. The highest BCUT2D eigenvalue weighted by Crippen LogP contribution is 2.18. The van der Waals surface area contributed by atoms with E-state index >= 15 is 0 Å². The van der Waals surface area contributed by atoms with Crippen molar-refractivity contribution in [1.29, 1.82) is 0 Å². The molecule has 26 heavy (non-hydrogen) atoms. The number of aliphatic carboxylic acids is 1. The fraction of sp³-hybridized carbons (Fsp3) is 0.500. The summed E-state index contributed by atoms with van der Waals surface area (Å²) in [4.78, 5) is 36.9. The predicted molar refractivity (Wildman–Crippen MR) is 92.7 cm³/mol. The first-order chi connectivity index (χ1) is 12.5. The Labute approximate surface area is 152 Å². The number of hydrogen-bond acceptors (Lipinski definition) is 5. The summed E-state index contributed by atoms with van der Waals surface area (Å²) in [5, 5.41) is 11.5.